The average Bonchev–Trinajstić information content (AvgIpc) is 2.69. The molecule has 17 heavy (non-hydrogen) atoms. The van der Waals surface area contributed by atoms with Gasteiger partial charge in [0.05, 0.1) is 8.98 Å². The summed E-state index contributed by atoms with van der Waals surface area (Å²) in [7, 11) is 0. The Kier molecular flexibility index (Phi) is 4.17. The maximum absolute atomic E-state index is 5.80. The smallest absolute Gasteiger partial charge is 0.197 e. The van der Waals surface area contributed by atoms with E-state index in [0.717, 1.165) is 29.2 Å². The molecule has 0 aromatic carbocycles. The summed E-state index contributed by atoms with van der Waals surface area (Å²) in [6.07, 6.45) is 1.59. The first-order valence-corrected chi connectivity index (χ1v) is 7.07. The number of anilines is 1. The van der Waals surface area contributed by atoms with Crippen molar-refractivity contribution in [3.8, 4) is 0 Å². The van der Waals surface area contributed by atoms with Crippen LogP contribution in [0.15, 0.2) is 25.6 Å². The molecule has 2 rings (SSSR count). The van der Waals surface area contributed by atoms with Crippen LogP contribution in [0.5, 0.6) is 0 Å². The molecule has 2 aromatic rings. The molecular weight excluding hydrogens is 322 g/mol. The Bertz CT molecular complexity index is 578. The molecule has 0 N–H and O–H groups in total. The van der Waals surface area contributed by atoms with Crippen molar-refractivity contribution in [1.82, 2.24) is 0 Å². The van der Waals surface area contributed by atoms with E-state index < -0.39 is 0 Å². The number of hydrogen-bond acceptors (Lipinski definition) is 5. The highest BCUT2D eigenvalue weighted by Crippen LogP contribution is 2.31. The molecule has 0 bridgehead atoms. The lowest BCUT2D eigenvalue weighted by atomic mass is 10.4. The minimum absolute atomic E-state index is 0.609. The number of halogens is 1. The van der Waals surface area contributed by atoms with Crippen LogP contribution in [0.4, 0.5) is 5.88 Å². The lowest BCUT2D eigenvalue weighted by molar-refractivity contribution is 0.566. The van der Waals surface area contributed by atoms with Crippen LogP contribution in [0.25, 0.3) is 11.2 Å². The molecule has 0 spiro atoms. The Morgan fingerprint density at radius 3 is 2.88 bits per heavy atom. The Morgan fingerprint density at radius 1 is 1.47 bits per heavy atom. The van der Waals surface area contributed by atoms with E-state index in [1.165, 1.54) is 0 Å². The molecule has 0 fully saturated rings. The zero-order valence-electron chi connectivity index (χ0n) is 9.27. The number of furan rings is 1. The molecule has 0 atom stereocenters. The van der Waals surface area contributed by atoms with Gasteiger partial charge in [-0.1, -0.05) is 12.2 Å². The molecular formula is C11H12BrNO2S2. The maximum Gasteiger partial charge on any atom is 0.197 e. The minimum Gasteiger partial charge on any atom is -0.458 e. The van der Waals surface area contributed by atoms with Crippen LogP contribution in [-0.4, -0.2) is 18.8 Å². The van der Waals surface area contributed by atoms with E-state index in [9.17, 15) is 0 Å². The van der Waals surface area contributed by atoms with Gasteiger partial charge < -0.3 is 13.7 Å². The van der Waals surface area contributed by atoms with Crippen molar-refractivity contribution in [2.75, 3.05) is 23.7 Å². The maximum atomic E-state index is 5.80. The van der Waals surface area contributed by atoms with Crippen molar-refractivity contribution in [3.63, 3.8) is 0 Å². The summed E-state index contributed by atoms with van der Waals surface area (Å²) >= 11 is 12.9. The molecule has 0 saturated carbocycles. The third-order valence-electron chi connectivity index (χ3n) is 2.45. The van der Waals surface area contributed by atoms with Crippen LogP contribution in [-0.2, 0) is 0 Å². The molecule has 0 amide bonds. The second-order valence-corrected chi connectivity index (χ2v) is 5.24. The topological polar surface area (TPSA) is 29.5 Å². The standard InChI is InChI=1S/C11H12BrNO2S2/c1-2-13(3-4-16)9-5-8(17)11-10(15-9)7(12)6-14-11/h5-6,16H,2-4H2,1H3. The summed E-state index contributed by atoms with van der Waals surface area (Å²) in [5.41, 5.74) is 1.27. The van der Waals surface area contributed by atoms with Gasteiger partial charge in [0.15, 0.2) is 17.1 Å². The molecule has 2 aromatic heterocycles. The highest BCUT2D eigenvalue weighted by molar-refractivity contribution is 9.10. The van der Waals surface area contributed by atoms with Gasteiger partial charge in [0.25, 0.3) is 0 Å². The fourth-order valence-corrected chi connectivity index (χ4v) is 2.44. The van der Waals surface area contributed by atoms with Crippen molar-refractivity contribution in [2.45, 2.75) is 6.92 Å². The minimum atomic E-state index is 0.609. The van der Waals surface area contributed by atoms with Gasteiger partial charge in [-0.3, -0.25) is 0 Å². The van der Waals surface area contributed by atoms with E-state index in [2.05, 4.69) is 40.4 Å². The quantitative estimate of drug-likeness (QED) is 0.668. The predicted octanol–water partition coefficient (Wildman–Crippen LogP) is 4.27. The van der Waals surface area contributed by atoms with Gasteiger partial charge in [0.1, 0.15) is 6.26 Å². The van der Waals surface area contributed by atoms with Gasteiger partial charge >= 0.3 is 0 Å². The normalized spacial score (nSPS) is 11.0. The lowest BCUT2D eigenvalue weighted by Crippen LogP contribution is -2.24. The van der Waals surface area contributed by atoms with Crippen LogP contribution >= 0.6 is 40.8 Å². The molecule has 0 aliphatic heterocycles. The Balaban J connectivity index is 2.55. The van der Waals surface area contributed by atoms with Gasteiger partial charge in [-0.05, 0) is 22.9 Å². The molecule has 92 valence electrons. The van der Waals surface area contributed by atoms with Gasteiger partial charge in [-0.2, -0.15) is 12.6 Å². The van der Waals surface area contributed by atoms with Gasteiger partial charge in [0, 0.05) is 24.9 Å². The monoisotopic (exact) mass is 333 g/mol. The summed E-state index contributed by atoms with van der Waals surface area (Å²) in [4.78, 5) is 2.08. The Morgan fingerprint density at radius 2 is 2.24 bits per heavy atom. The van der Waals surface area contributed by atoms with Crippen molar-refractivity contribution in [2.24, 2.45) is 0 Å². The van der Waals surface area contributed by atoms with Crippen LogP contribution < -0.4 is 4.90 Å². The Hall–Kier alpha value is -0.460. The highest BCUT2D eigenvalue weighted by atomic mass is 79.9. The summed E-state index contributed by atoms with van der Waals surface area (Å²) in [6.45, 7) is 3.73. The van der Waals surface area contributed by atoms with Crippen molar-refractivity contribution >= 4 is 57.8 Å². The number of rotatable bonds is 4. The molecule has 2 heterocycles. The molecule has 0 aliphatic carbocycles. The number of thiol groups is 1. The first kappa shape index (κ1) is 13.0. The zero-order valence-corrected chi connectivity index (χ0v) is 12.6. The molecule has 6 heteroatoms. The van der Waals surface area contributed by atoms with E-state index >= 15 is 0 Å². The van der Waals surface area contributed by atoms with E-state index in [1.807, 2.05) is 6.07 Å². The number of nitrogens with zero attached hydrogens (tertiary/aromatic N) is 1. The first-order chi connectivity index (χ1) is 8.17. The SMILES string of the molecule is CCN(CCS)c1cc(=S)c2occ(Br)c2o1. The highest BCUT2D eigenvalue weighted by Gasteiger charge is 2.13. The van der Waals surface area contributed by atoms with Gasteiger partial charge in [0.2, 0.25) is 0 Å². The van der Waals surface area contributed by atoms with E-state index in [0.29, 0.717) is 15.7 Å². The molecule has 3 nitrogen and oxygen atoms in total. The van der Waals surface area contributed by atoms with E-state index in [1.54, 1.807) is 6.26 Å². The largest absolute Gasteiger partial charge is 0.458 e. The molecule has 0 aliphatic rings. The van der Waals surface area contributed by atoms with Crippen molar-refractivity contribution in [3.05, 3.63) is 21.3 Å². The van der Waals surface area contributed by atoms with Crippen molar-refractivity contribution < 1.29 is 8.83 Å². The summed E-state index contributed by atoms with van der Waals surface area (Å²) in [5.74, 6) is 1.52. The van der Waals surface area contributed by atoms with Crippen LogP contribution in [0.1, 0.15) is 6.92 Å². The fourth-order valence-electron chi connectivity index (χ4n) is 1.60. The van der Waals surface area contributed by atoms with E-state index in [-0.39, 0.29) is 0 Å². The lowest BCUT2D eigenvalue weighted by Gasteiger charge is -2.20. The second kappa shape index (κ2) is 5.46. The summed E-state index contributed by atoms with van der Waals surface area (Å²) in [5, 5.41) is 0. The second-order valence-electron chi connectivity index (χ2n) is 3.49. The zero-order chi connectivity index (χ0) is 12.4. The molecule has 0 radical (unpaired) electrons. The third-order valence-corrected chi connectivity index (χ3v) is 3.50. The van der Waals surface area contributed by atoms with Crippen LogP contribution in [0.2, 0.25) is 0 Å². The van der Waals surface area contributed by atoms with Gasteiger partial charge in [-0.15, -0.1) is 0 Å². The molecule has 0 saturated heterocycles. The third kappa shape index (κ3) is 2.53. The average molecular weight is 334 g/mol. The Labute approximate surface area is 118 Å². The van der Waals surface area contributed by atoms with Gasteiger partial charge in [-0.25, -0.2) is 0 Å². The number of fused-ring (bicyclic) bond motifs is 1. The molecule has 0 unspecified atom stereocenters. The fraction of sp³-hybridized carbons (Fsp3) is 0.364. The van der Waals surface area contributed by atoms with E-state index in [4.69, 9.17) is 21.1 Å². The summed E-state index contributed by atoms with van der Waals surface area (Å²) < 4.78 is 12.6. The predicted molar refractivity (Wildman–Crippen MR) is 78.8 cm³/mol. The number of hydrogen-bond donors (Lipinski definition) is 1. The van der Waals surface area contributed by atoms with Crippen LogP contribution in [0, 0.1) is 4.51 Å². The van der Waals surface area contributed by atoms with Crippen molar-refractivity contribution in [1.29, 1.82) is 0 Å². The van der Waals surface area contributed by atoms with Crippen LogP contribution in [0.3, 0.4) is 0 Å². The first-order valence-electron chi connectivity index (χ1n) is 5.24. The summed E-state index contributed by atoms with van der Waals surface area (Å²) in [6, 6.07) is 1.82.